The number of hydrogen-bond acceptors (Lipinski definition) is 3. The summed E-state index contributed by atoms with van der Waals surface area (Å²) in [6.45, 7) is 2.17. The Bertz CT molecular complexity index is 324. The van der Waals surface area contributed by atoms with Gasteiger partial charge in [0.05, 0.1) is 6.42 Å². The van der Waals surface area contributed by atoms with Crippen LogP contribution in [0.1, 0.15) is 32.6 Å². The molecule has 0 amide bonds. The standard InChI is InChI=1S/C13H18O3/c1-3-4-7-10-13(14-2)15-11-8-5-6-9-12(11)16-13/h5-6,8-9H,3-4,7,10H2,1-2H3. The van der Waals surface area contributed by atoms with E-state index >= 15 is 0 Å². The first kappa shape index (κ1) is 11.3. The highest BCUT2D eigenvalue weighted by atomic mass is 16.9. The molecule has 1 aromatic carbocycles. The Morgan fingerprint density at radius 1 is 1.12 bits per heavy atom. The molecule has 0 saturated heterocycles. The molecule has 3 nitrogen and oxygen atoms in total. The van der Waals surface area contributed by atoms with Crippen molar-refractivity contribution in [3.05, 3.63) is 24.3 Å². The van der Waals surface area contributed by atoms with Crippen molar-refractivity contribution in [2.24, 2.45) is 0 Å². The first-order valence-electron chi connectivity index (χ1n) is 5.82. The molecule has 0 fully saturated rings. The fourth-order valence-corrected chi connectivity index (χ4v) is 1.85. The van der Waals surface area contributed by atoms with Gasteiger partial charge >= 0.3 is 5.97 Å². The predicted octanol–water partition coefficient (Wildman–Crippen LogP) is 3.34. The summed E-state index contributed by atoms with van der Waals surface area (Å²) in [6.07, 6.45) is 4.13. The molecule has 0 unspecified atom stereocenters. The maximum atomic E-state index is 5.75. The first-order valence-corrected chi connectivity index (χ1v) is 5.82. The number of para-hydroxylation sites is 2. The maximum absolute atomic E-state index is 5.75. The van der Waals surface area contributed by atoms with E-state index in [-0.39, 0.29) is 0 Å². The molecule has 0 atom stereocenters. The molecular weight excluding hydrogens is 204 g/mol. The van der Waals surface area contributed by atoms with Gasteiger partial charge in [-0.1, -0.05) is 31.9 Å². The van der Waals surface area contributed by atoms with Gasteiger partial charge in [-0.2, -0.15) is 0 Å². The highest BCUT2D eigenvalue weighted by molar-refractivity contribution is 5.42. The molecule has 1 aliphatic rings. The van der Waals surface area contributed by atoms with Crippen molar-refractivity contribution in [3.63, 3.8) is 0 Å². The summed E-state index contributed by atoms with van der Waals surface area (Å²) in [4.78, 5) is 0. The third kappa shape index (κ3) is 2.14. The summed E-state index contributed by atoms with van der Waals surface area (Å²) in [5.74, 6) is 0.625. The molecule has 88 valence electrons. The van der Waals surface area contributed by atoms with E-state index in [1.165, 1.54) is 6.42 Å². The smallest absolute Gasteiger partial charge is 0.371 e. The minimum Gasteiger partial charge on any atom is -0.426 e. The topological polar surface area (TPSA) is 27.7 Å². The largest absolute Gasteiger partial charge is 0.426 e. The summed E-state index contributed by atoms with van der Waals surface area (Å²) >= 11 is 0. The van der Waals surface area contributed by atoms with E-state index < -0.39 is 5.97 Å². The van der Waals surface area contributed by atoms with Gasteiger partial charge in [0.25, 0.3) is 0 Å². The Morgan fingerprint density at radius 3 is 2.25 bits per heavy atom. The second-order valence-electron chi connectivity index (χ2n) is 4.00. The van der Waals surface area contributed by atoms with Crippen LogP contribution in [0, 0.1) is 0 Å². The molecule has 0 bridgehead atoms. The number of hydrogen-bond donors (Lipinski definition) is 0. The van der Waals surface area contributed by atoms with Crippen LogP contribution in [-0.4, -0.2) is 13.1 Å². The Hall–Kier alpha value is -1.22. The lowest BCUT2D eigenvalue weighted by Gasteiger charge is -2.25. The van der Waals surface area contributed by atoms with Crippen LogP contribution in [0.3, 0.4) is 0 Å². The van der Waals surface area contributed by atoms with E-state index in [4.69, 9.17) is 14.2 Å². The maximum Gasteiger partial charge on any atom is 0.371 e. The summed E-state index contributed by atoms with van der Waals surface area (Å²) in [5.41, 5.74) is 0. The van der Waals surface area contributed by atoms with Crippen molar-refractivity contribution in [1.29, 1.82) is 0 Å². The predicted molar refractivity (Wildman–Crippen MR) is 61.6 cm³/mol. The van der Waals surface area contributed by atoms with Gasteiger partial charge in [-0.15, -0.1) is 0 Å². The zero-order valence-corrected chi connectivity index (χ0v) is 9.86. The lowest BCUT2D eigenvalue weighted by Crippen LogP contribution is -2.40. The van der Waals surface area contributed by atoms with Crippen molar-refractivity contribution in [2.45, 2.75) is 38.6 Å². The Kier molecular flexibility index (Phi) is 3.34. The number of unbranched alkanes of at least 4 members (excludes halogenated alkanes) is 2. The van der Waals surface area contributed by atoms with Crippen LogP contribution in [0.4, 0.5) is 0 Å². The fraction of sp³-hybridized carbons (Fsp3) is 0.538. The Morgan fingerprint density at radius 2 is 1.75 bits per heavy atom. The van der Waals surface area contributed by atoms with E-state index in [1.807, 2.05) is 24.3 Å². The van der Waals surface area contributed by atoms with Crippen LogP contribution < -0.4 is 9.47 Å². The first-order chi connectivity index (χ1) is 7.79. The molecular formula is C13H18O3. The number of rotatable bonds is 5. The summed E-state index contributed by atoms with van der Waals surface area (Å²) in [5, 5.41) is 0. The van der Waals surface area contributed by atoms with Crippen LogP contribution in [0.2, 0.25) is 0 Å². The van der Waals surface area contributed by atoms with Gasteiger partial charge in [0.2, 0.25) is 0 Å². The molecule has 0 saturated carbocycles. The monoisotopic (exact) mass is 222 g/mol. The molecule has 16 heavy (non-hydrogen) atoms. The van der Waals surface area contributed by atoms with Gasteiger partial charge in [-0.25, -0.2) is 0 Å². The zero-order chi connectivity index (χ0) is 11.4. The molecule has 1 aliphatic heterocycles. The van der Waals surface area contributed by atoms with Crippen molar-refractivity contribution in [3.8, 4) is 11.5 Å². The lowest BCUT2D eigenvalue weighted by atomic mass is 10.2. The van der Waals surface area contributed by atoms with E-state index in [1.54, 1.807) is 7.11 Å². The van der Waals surface area contributed by atoms with E-state index in [9.17, 15) is 0 Å². The van der Waals surface area contributed by atoms with Crippen LogP contribution in [0.15, 0.2) is 24.3 Å². The van der Waals surface area contributed by atoms with Crippen molar-refractivity contribution in [1.82, 2.24) is 0 Å². The van der Waals surface area contributed by atoms with Crippen LogP contribution in [0.25, 0.3) is 0 Å². The third-order valence-electron chi connectivity index (χ3n) is 2.78. The normalized spacial score (nSPS) is 16.4. The van der Waals surface area contributed by atoms with Crippen molar-refractivity contribution < 1.29 is 14.2 Å². The molecule has 3 heteroatoms. The number of methoxy groups -OCH3 is 1. The average Bonchev–Trinajstić information content (AvgIpc) is 2.68. The summed E-state index contributed by atoms with van der Waals surface area (Å²) in [6, 6.07) is 7.66. The average molecular weight is 222 g/mol. The van der Waals surface area contributed by atoms with Gasteiger partial charge in [-0.05, 0) is 18.6 Å². The quantitative estimate of drug-likeness (QED) is 0.715. The van der Waals surface area contributed by atoms with Crippen molar-refractivity contribution in [2.75, 3.05) is 7.11 Å². The third-order valence-corrected chi connectivity index (χ3v) is 2.78. The molecule has 0 radical (unpaired) electrons. The van der Waals surface area contributed by atoms with E-state index in [0.717, 1.165) is 30.8 Å². The molecule has 0 aromatic heterocycles. The number of benzene rings is 1. The minimum atomic E-state index is -0.904. The fourth-order valence-electron chi connectivity index (χ4n) is 1.85. The highest BCUT2D eigenvalue weighted by Gasteiger charge is 2.41. The van der Waals surface area contributed by atoms with Crippen molar-refractivity contribution >= 4 is 0 Å². The molecule has 0 N–H and O–H groups in total. The van der Waals surface area contributed by atoms with Crippen LogP contribution in [0.5, 0.6) is 11.5 Å². The second-order valence-corrected chi connectivity index (χ2v) is 4.00. The highest BCUT2D eigenvalue weighted by Crippen LogP contribution is 2.41. The van der Waals surface area contributed by atoms with E-state index in [0.29, 0.717) is 0 Å². The SMILES string of the molecule is CCCCCC1(OC)Oc2ccccc2O1. The molecule has 2 rings (SSSR count). The Labute approximate surface area is 96.3 Å². The molecule has 0 spiro atoms. The summed E-state index contributed by atoms with van der Waals surface area (Å²) < 4.78 is 16.9. The molecule has 1 aromatic rings. The molecule has 0 aliphatic carbocycles. The number of fused-ring (bicyclic) bond motifs is 1. The number of ether oxygens (including phenoxy) is 3. The van der Waals surface area contributed by atoms with Crippen LogP contribution >= 0.6 is 0 Å². The van der Waals surface area contributed by atoms with Gasteiger partial charge in [0.15, 0.2) is 11.5 Å². The van der Waals surface area contributed by atoms with Gasteiger partial charge in [-0.3, -0.25) is 0 Å². The molecule has 1 heterocycles. The second kappa shape index (κ2) is 4.74. The van der Waals surface area contributed by atoms with Gasteiger partial charge < -0.3 is 14.2 Å². The van der Waals surface area contributed by atoms with Gasteiger partial charge in [0.1, 0.15) is 0 Å². The lowest BCUT2D eigenvalue weighted by molar-refractivity contribution is -0.272. The van der Waals surface area contributed by atoms with Crippen LogP contribution in [-0.2, 0) is 4.74 Å². The van der Waals surface area contributed by atoms with Gasteiger partial charge in [0, 0.05) is 7.11 Å². The van der Waals surface area contributed by atoms with E-state index in [2.05, 4.69) is 6.92 Å². The Balaban J connectivity index is 2.04. The summed E-state index contributed by atoms with van der Waals surface area (Å²) in [7, 11) is 1.62. The zero-order valence-electron chi connectivity index (χ0n) is 9.86. The minimum absolute atomic E-state index is 0.756.